The van der Waals surface area contributed by atoms with E-state index in [-0.39, 0.29) is 17.3 Å². The number of para-hydroxylation sites is 1. The van der Waals surface area contributed by atoms with E-state index >= 15 is 0 Å². The van der Waals surface area contributed by atoms with Crippen LogP contribution in [0.1, 0.15) is 25.0 Å². The van der Waals surface area contributed by atoms with E-state index in [1.165, 1.54) is 16.5 Å². The molecule has 19 heavy (non-hydrogen) atoms. The second kappa shape index (κ2) is 3.89. The summed E-state index contributed by atoms with van der Waals surface area (Å²) in [5.41, 5.74) is 0.223. The third-order valence-electron chi connectivity index (χ3n) is 3.53. The summed E-state index contributed by atoms with van der Waals surface area (Å²) in [7, 11) is 1.49. The zero-order valence-corrected chi connectivity index (χ0v) is 10.6. The highest BCUT2D eigenvalue weighted by Gasteiger charge is 2.36. The summed E-state index contributed by atoms with van der Waals surface area (Å²) in [6.07, 6.45) is -1.19. The van der Waals surface area contributed by atoms with E-state index in [0.29, 0.717) is 10.9 Å². The van der Waals surface area contributed by atoms with Gasteiger partial charge in [-0.05, 0) is 19.1 Å². The molecule has 1 aliphatic rings. The lowest BCUT2D eigenvalue weighted by molar-refractivity contribution is -0.147. The quantitative estimate of drug-likeness (QED) is 0.744. The van der Waals surface area contributed by atoms with Crippen LogP contribution in [0.4, 0.5) is 0 Å². The predicted octanol–water partition coefficient (Wildman–Crippen LogP) is 0.420. The average molecular weight is 259 g/mol. The molecule has 0 radical (unpaired) electrons. The lowest BCUT2D eigenvalue weighted by atomic mass is 10.1. The molecule has 1 N–H and O–H groups in total. The normalized spacial score (nSPS) is 22.7. The van der Waals surface area contributed by atoms with Gasteiger partial charge < -0.3 is 10.0 Å². The molecule has 2 heterocycles. The Morgan fingerprint density at radius 3 is 2.68 bits per heavy atom. The zero-order chi connectivity index (χ0) is 13.7. The maximum Gasteiger partial charge on any atom is 0.262 e. The van der Waals surface area contributed by atoms with Crippen LogP contribution in [0.3, 0.4) is 0 Å². The van der Waals surface area contributed by atoms with Crippen molar-refractivity contribution in [2.24, 2.45) is 0 Å². The van der Waals surface area contributed by atoms with Gasteiger partial charge in [0.2, 0.25) is 5.91 Å². The molecular formula is C13H13N3O3. The molecule has 0 bridgehead atoms. The summed E-state index contributed by atoms with van der Waals surface area (Å²) >= 11 is 0. The van der Waals surface area contributed by atoms with Crippen molar-refractivity contribution in [2.45, 2.75) is 19.2 Å². The molecule has 1 amide bonds. The van der Waals surface area contributed by atoms with E-state index in [0.717, 1.165) is 0 Å². The van der Waals surface area contributed by atoms with Crippen LogP contribution in [0.5, 0.6) is 0 Å². The highest BCUT2D eigenvalue weighted by Crippen LogP contribution is 2.26. The van der Waals surface area contributed by atoms with Crippen molar-refractivity contribution >= 4 is 16.8 Å². The second-order valence-corrected chi connectivity index (χ2v) is 4.66. The fourth-order valence-electron chi connectivity index (χ4n) is 2.42. The maximum absolute atomic E-state index is 12.4. The van der Waals surface area contributed by atoms with Crippen LogP contribution in [0.15, 0.2) is 29.1 Å². The number of carbonyl (C=O) groups excluding carboxylic acids is 1. The molecule has 0 saturated heterocycles. The van der Waals surface area contributed by atoms with Gasteiger partial charge in [0, 0.05) is 7.05 Å². The summed E-state index contributed by atoms with van der Waals surface area (Å²) in [6, 6.07) is 6.24. The SMILES string of the molecule is C[C@H]1C(=O)N(C)[C@@H](O)c2nc3ccccc3c(=O)n21. The number of nitrogens with zero attached hydrogens (tertiary/aromatic N) is 3. The number of carbonyl (C=O) groups is 1. The average Bonchev–Trinajstić information content (AvgIpc) is 2.43. The molecule has 2 aromatic rings. The van der Waals surface area contributed by atoms with E-state index in [9.17, 15) is 14.7 Å². The van der Waals surface area contributed by atoms with E-state index < -0.39 is 12.3 Å². The van der Waals surface area contributed by atoms with Gasteiger partial charge in [-0.2, -0.15) is 0 Å². The van der Waals surface area contributed by atoms with Crippen molar-refractivity contribution in [3.63, 3.8) is 0 Å². The van der Waals surface area contributed by atoms with Crippen LogP contribution in [-0.2, 0) is 4.79 Å². The van der Waals surface area contributed by atoms with E-state index in [1.54, 1.807) is 31.2 Å². The molecule has 1 aliphatic heterocycles. The van der Waals surface area contributed by atoms with Crippen LogP contribution in [0.2, 0.25) is 0 Å². The summed E-state index contributed by atoms with van der Waals surface area (Å²) in [5.74, 6) is -0.0996. The fraction of sp³-hybridized carbons (Fsp3) is 0.308. The Labute approximate surface area is 108 Å². The van der Waals surface area contributed by atoms with Gasteiger partial charge in [0.15, 0.2) is 12.1 Å². The molecular weight excluding hydrogens is 246 g/mol. The number of aromatic nitrogens is 2. The summed E-state index contributed by atoms with van der Waals surface area (Å²) < 4.78 is 1.27. The molecule has 98 valence electrons. The Kier molecular flexibility index (Phi) is 2.43. The fourth-order valence-corrected chi connectivity index (χ4v) is 2.42. The van der Waals surface area contributed by atoms with Crippen molar-refractivity contribution in [3.05, 3.63) is 40.4 Å². The Morgan fingerprint density at radius 1 is 1.26 bits per heavy atom. The van der Waals surface area contributed by atoms with Gasteiger partial charge in [-0.25, -0.2) is 4.98 Å². The largest absolute Gasteiger partial charge is 0.367 e. The molecule has 6 nitrogen and oxygen atoms in total. The predicted molar refractivity (Wildman–Crippen MR) is 68.4 cm³/mol. The lowest BCUT2D eigenvalue weighted by Crippen LogP contribution is -2.47. The molecule has 3 rings (SSSR count). The van der Waals surface area contributed by atoms with E-state index in [1.807, 2.05) is 0 Å². The topological polar surface area (TPSA) is 75.4 Å². The molecule has 0 unspecified atom stereocenters. The maximum atomic E-state index is 12.4. The molecule has 1 aromatic carbocycles. The summed E-state index contributed by atoms with van der Waals surface area (Å²) in [6.45, 7) is 1.63. The van der Waals surface area contributed by atoms with Crippen LogP contribution in [-0.4, -0.2) is 32.5 Å². The van der Waals surface area contributed by atoms with Gasteiger partial charge in [-0.3, -0.25) is 14.2 Å². The number of amides is 1. The van der Waals surface area contributed by atoms with E-state index in [4.69, 9.17) is 0 Å². The summed E-state index contributed by atoms with van der Waals surface area (Å²) in [4.78, 5) is 29.9. The zero-order valence-electron chi connectivity index (χ0n) is 10.6. The number of hydrogen-bond acceptors (Lipinski definition) is 4. The van der Waals surface area contributed by atoms with Crippen LogP contribution >= 0.6 is 0 Å². The number of aliphatic hydroxyl groups is 1. The first-order valence-electron chi connectivity index (χ1n) is 5.98. The van der Waals surface area contributed by atoms with Crippen LogP contribution in [0, 0.1) is 0 Å². The number of likely N-dealkylation sites (N-methyl/N-ethyl adjacent to an activating group) is 1. The van der Waals surface area contributed by atoms with Gasteiger partial charge in [0.1, 0.15) is 6.04 Å². The van der Waals surface area contributed by atoms with Gasteiger partial charge >= 0.3 is 0 Å². The third-order valence-corrected chi connectivity index (χ3v) is 3.53. The number of rotatable bonds is 0. The molecule has 1 aromatic heterocycles. The number of fused-ring (bicyclic) bond motifs is 2. The monoisotopic (exact) mass is 259 g/mol. The summed E-state index contributed by atoms with van der Waals surface area (Å²) in [5, 5.41) is 10.5. The van der Waals surface area contributed by atoms with Gasteiger partial charge in [-0.15, -0.1) is 0 Å². The number of hydrogen-bond donors (Lipinski definition) is 1. The first kappa shape index (κ1) is 11.9. The second-order valence-electron chi connectivity index (χ2n) is 4.66. The number of aliphatic hydroxyl groups excluding tert-OH is 1. The minimum absolute atomic E-state index is 0.207. The smallest absolute Gasteiger partial charge is 0.262 e. The third kappa shape index (κ3) is 1.50. The molecule has 0 saturated carbocycles. The van der Waals surface area contributed by atoms with Gasteiger partial charge in [-0.1, -0.05) is 12.1 Å². The highest BCUT2D eigenvalue weighted by atomic mass is 16.3. The first-order chi connectivity index (χ1) is 9.02. The van der Waals surface area contributed by atoms with Gasteiger partial charge in [0.05, 0.1) is 10.9 Å². The Hall–Kier alpha value is -2.21. The van der Waals surface area contributed by atoms with Crippen molar-refractivity contribution in [3.8, 4) is 0 Å². The number of benzene rings is 1. The molecule has 0 spiro atoms. The minimum atomic E-state index is -1.19. The van der Waals surface area contributed by atoms with Gasteiger partial charge in [0.25, 0.3) is 5.56 Å². The Morgan fingerprint density at radius 2 is 1.95 bits per heavy atom. The highest BCUT2D eigenvalue weighted by molar-refractivity contribution is 5.83. The standard InChI is InChI=1S/C13H13N3O3/c1-7-11(17)15(2)13(19)10-14-9-6-4-3-5-8(9)12(18)16(7)10/h3-7,13,19H,1-2H3/t7-,13-/m0/s1. The van der Waals surface area contributed by atoms with Crippen molar-refractivity contribution in [2.75, 3.05) is 7.05 Å². The minimum Gasteiger partial charge on any atom is -0.367 e. The lowest BCUT2D eigenvalue weighted by Gasteiger charge is -2.34. The van der Waals surface area contributed by atoms with Crippen molar-refractivity contribution < 1.29 is 9.90 Å². The van der Waals surface area contributed by atoms with Crippen molar-refractivity contribution in [1.82, 2.24) is 14.5 Å². The Balaban J connectivity index is 2.42. The first-order valence-corrected chi connectivity index (χ1v) is 5.98. The molecule has 6 heteroatoms. The molecule has 0 fully saturated rings. The van der Waals surface area contributed by atoms with Crippen LogP contribution in [0.25, 0.3) is 10.9 Å². The molecule has 0 aliphatic carbocycles. The molecule has 2 atom stereocenters. The van der Waals surface area contributed by atoms with Crippen LogP contribution < -0.4 is 5.56 Å². The Bertz CT molecular complexity index is 737. The van der Waals surface area contributed by atoms with E-state index in [2.05, 4.69) is 4.98 Å². The van der Waals surface area contributed by atoms with Crippen molar-refractivity contribution in [1.29, 1.82) is 0 Å².